The number of rotatable bonds is 2. The molecule has 0 unspecified atom stereocenters. The maximum atomic E-state index is 6.57. The van der Waals surface area contributed by atoms with Crippen molar-refractivity contribution < 1.29 is 4.42 Å². The number of furan rings is 1. The Kier molecular flexibility index (Phi) is 3.56. The molecule has 2 aromatic heterocycles. The fraction of sp³-hybridized carbons (Fsp3) is 0. The lowest BCUT2D eigenvalue weighted by atomic mass is 10.0. The van der Waals surface area contributed by atoms with Crippen molar-refractivity contribution in [2.24, 2.45) is 0 Å². The standard InChI is InChI=1S/C26H16ClNO/c27-18-15-13-17(14-16-18)20-10-6-11-22-24-21-9-4-5-12-23(21)28(26(24)29-25(20)22)19-7-2-1-3-8-19/h1-16H. The summed E-state index contributed by atoms with van der Waals surface area (Å²) < 4.78 is 8.77. The molecule has 0 saturated heterocycles. The van der Waals surface area contributed by atoms with Crippen molar-refractivity contribution in [2.75, 3.05) is 0 Å². The highest BCUT2D eigenvalue weighted by Crippen LogP contribution is 2.42. The maximum Gasteiger partial charge on any atom is 0.213 e. The molecule has 2 nitrogen and oxygen atoms in total. The van der Waals surface area contributed by atoms with E-state index in [0.717, 1.165) is 49.4 Å². The lowest BCUT2D eigenvalue weighted by Crippen LogP contribution is -1.91. The Hall–Kier alpha value is -3.49. The predicted molar refractivity (Wildman–Crippen MR) is 121 cm³/mol. The van der Waals surface area contributed by atoms with Crippen LogP contribution >= 0.6 is 11.6 Å². The highest BCUT2D eigenvalue weighted by Gasteiger charge is 2.20. The average molecular weight is 394 g/mol. The van der Waals surface area contributed by atoms with Gasteiger partial charge in [0.2, 0.25) is 5.71 Å². The number of halogens is 1. The fourth-order valence-corrected chi connectivity index (χ4v) is 4.33. The van der Waals surface area contributed by atoms with Crippen molar-refractivity contribution in [1.29, 1.82) is 0 Å². The topological polar surface area (TPSA) is 18.1 Å². The van der Waals surface area contributed by atoms with Crippen LogP contribution in [0.5, 0.6) is 0 Å². The molecule has 0 aliphatic carbocycles. The zero-order valence-corrected chi connectivity index (χ0v) is 16.2. The minimum Gasteiger partial charge on any atom is -0.438 e. The Morgan fingerprint density at radius 3 is 2.21 bits per heavy atom. The number of hydrogen-bond acceptors (Lipinski definition) is 1. The molecule has 0 spiro atoms. The molecular weight excluding hydrogens is 378 g/mol. The first kappa shape index (κ1) is 16.5. The van der Waals surface area contributed by atoms with Gasteiger partial charge in [-0.2, -0.15) is 0 Å². The maximum absolute atomic E-state index is 6.57. The summed E-state index contributed by atoms with van der Waals surface area (Å²) in [5.41, 5.74) is 6.16. The van der Waals surface area contributed by atoms with E-state index in [1.807, 2.05) is 30.3 Å². The Balaban J connectivity index is 1.76. The van der Waals surface area contributed by atoms with Gasteiger partial charge in [0.15, 0.2) is 0 Å². The molecule has 0 N–H and O–H groups in total. The van der Waals surface area contributed by atoms with E-state index in [2.05, 4.69) is 71.3 Å². The van der Waals surface area contributed by atoms with Crippen LogP contribution in [0, 0.1) is 0 Å². The third kappa shape index (κ3) is 2.43. The molecule has 0 bridgehead atoms. The zero-order chi connectivity index (χ0) is 19.4. The van der Waals surface area contributed by atoms with E-state index in [9.17, 15) is 0 Å². The van der Waals surface area contributed by atoms with E-state index < -0.39 is 0 Å². The summed E-state index contributed by atoms with van der Waals surface area (Å²) in [7, 11) is 0. The molecule has 3 heteroatoms. The zero-order valence-electron chi connectivity index (χ0n) is 15.5. The van der Waals surface area contributed by atoms with Crippen LogP contribution in [-0.4, -0.2) is 4.57 Å². The van der Waals surface area contributed by atoms with Gasteiger partial charge < -0.3 is 4.42 Å². The average Bonchev–Trinajstić information content (AvgIpc) is 3.29. The highest BCUT2D eigenvalue weighted by molar-refractivity contribution is 6.30. The van der Waals surface area contributed by atoms with Crippen LogP contribution in [0.4, 0.5) is 0 Å². The van der Waals surface area contributed by atoms with Gasteiger partial charge in [-0.25, -0.2) is 0 Å². The van der Waals surface area contributed by atoms with E-state index in [1.165, 1.54) is 5.39 Å². The van der Waals surface area contributed by atoms with Gasteiger partial charge in [-0.05, 0) is 35.9 Å². The molecule has 0 aliphatic heterocycles. The summed E-state index contributed by atoms with van der Waals surface area (Å²) in [5.74, 6) is 0. The molecule has 2 heterocycles. The highest BCUT2D eigenvalue weighted by atomic mass is 35.5. The monoisotopic (exact) mass is 393 g/mol. The molecule has 0 amide bonds. The first-order chi connectivity index (χ1) is 14.3. The molecule has 0 saturated carbocycles. The molecule has 4 aromatic carbocycles. The number of benzene rings is 4. The minimum absolute atomic E-state index is 0.729. The predicted octanol–water partition coefficient (Wildman–Crippen LogP) is 7.85. The van der Waals surface area contributed by atoms with Crippen molar-refractivity contribution in [3.05, 3.63) is 102 Å². The van der Waals surface area contributed by atoms with E-state index in [1.54, 1.807) is 0 Å². The Labute approximate surface area is 172 Å². The number of para-hydroxylation sites is 3. The molecule has 6 aromatic rings. The SMILES string of the molecule is Clc1ccc(-c2cccc3c2oc2c3c3ccccc3n2-c2ccccc2)cc1. The van der Waals surface area contributed by atoms with E-state index in [0.29, 0.717) is 0 Å². The summed E-state index contributed by atoms with van der Waals surface area (Å²) in [4.78, 5) is 0. The van der Waals surface area contributed by atoms with Crippen LogP contribution in [0.3, 0.4) is 0 Å². The molecule has 0 fully saturated rings. The number of hydrogen-bond donors (Lipinski definition) is 0. The second kappa shape index (κ2) is 6.26. The van der Waals surface area contributed by atoms with Crippen LogP contribution in [0.25, 0.3) is 49.8 Å². The molecule has 29 heavy (non-hydrogen) atoms. The van der Waals surface area contributed by atoms with E-state index in [-0.39, 0.29) is 0 Å². The summed E-state index contributed by atoms with van der Waals surface area (Å²) in [6.07, 6.45) is 0. The summed E-state index contributed by atoms with van der Waals surface area (Å²) in [5, 5.41) is 4.19. The van der Waals surface area contributed by atoms with Crippen LogP contribution in [-0.2, 0) is 0 Å². The summed E-state index contributed by atoms with van der Waals surface area (Å²) in [6, 6.07) is 33.1. The molecule has 138 valence electrons. The third-order valence-corrected chi connectivity index (χ3v) is 5.74. The van der Waals surface area contributed by atoms with Gasteiger partial charge in [0.25, 0.3) is 0 Å². The van der Waals surface area contributed by atoms with Crippen LogP contribution in [0.2, 0.25) is 5.02 Å². The first-order valence-corrected chi connectivity index (χ1v) is 9.95. The summed E-state index contributed by atoms with van der Waals surface area (Å²) >= 11 is 6.09. The van der Waals surface area contributed by atoms with Crippen molar-refractivity contribution in [2.45, 2.75) is 0 Å². The van der Waals surface area contributed by atoms with Gasteiger partial charge in [-0.3, -0.25) is 4.57 Å². The molecular formula is C26H16ClNO. The van der Waals surface area contributed by atoms with E-state index in [4.69, 9.17) is 16.0 Å². The largest absolute Gasteiger partial charge is 0.438 e. The quantitative estimate of drug-likeness (QED) is 0.293. The Morgan fingerprint density at radius 1 is 0.655 bits per heavy atom. The Bertz CT molecular complexity index is 1490. The van der Waals surface area contributed by atoms with Gasteiger partial charge in [-0.15, -0.1) is 0 Å². The van der Waals surface area contributed by atoms with E-state index >= 15 is 0 Å². The van der Waals surface area contributed by atoms with Crippen LogP contribution in [0.1, 0.15) is 0 Å². The van der Waals surface area contributed by atoms with Gasteiger partial charge >= 0.3 is 0 Å². The second-order valence-electron chi connectivity index (χ2n) is 7.16. The molecule has 0 radical (unpaired) electrons. The Morgan fingerprint density at radius 2 is 1.38 bits per heavy atom. The van der Waals surface area contributed by atoms with Crippen molar-refractivity contribution in [1.82, 2.24) is 4.57 Å². The smallest absolute Gasteiger partial charge is 0.213 e. The summed E-state index contributed by atoms with van der Waals surface area (Å²) in [6.45, 7) is 0. The van der Waals surface area contributed by atoms with Gasteiger partial charge in [0.1, 0.15) is 5.58 Å². The normalized spacial score (nSPS) is 11.6. The van der Waals surface area contributed by atoms with Gasteiger partial charge in [0.05, 0.1) is 10.9 Å². The van der Waals surface area contributed by atoms with Crippen LogP contribution < -0.4 is 0 Å². The van der Waals surface area contributed by atoms with Crippen molar-refractivity contribution in [3.63, 3.8) is 0 Å². The number of fused-ring (bicyclic) bond motifs is 5. The van der Waals surface area contributed by atoms with Crippen molar-refractivity contribution in [3.8, 4) is 16.8 Å². The number of aromatic nitrogens is 1. The number of nitrogens with zero attached hydrogens (tertiary/aromatic N) is 1. The fourth-order valence-electron chi connectivity index (χ4n) is 4.20. The lowest BCUT2D eigenvalue weighted by Gasteiger charge is -2.06. The molecule has 0 aliphatic rings. The molecule has 6 rings (SSSR count). The van der Waals surface area contributed by atoms with Gasteiger partial charge in [-0.1, -0.05) is 78.3 Å². The third-order valence-electron chi connectivity index (χ3n) is 5.48. The van der Waals surface area contributed by atoms with Gasteiger partial charge in [0, 0.05) is 27.0 Å². The minimum atomic E-state index is 0.729. The lowest BCUT2D eigenvalue weighted by molar-refractivity contribution is 0.646. The van der Waals surface area contributed by atoms with Crippen molar-refractivity contribution >= 4 is 44.6 Å². The first-order valence-electron chi connectivity index (χ1n) is 9.57. The molecule has 0 atom stereocenters. The van der Waals surface area contributed by atoms with Crippen LogP contribution in [0.15, 0.2) is 101 Å². The second-order valence-corrected chi connectivity index (χ2v) is 7.60.